The lowest BCUT2D eigenvalue weighted by atomic mass is 10.1. The zero-order chi connectivity index (χ0) is 17.2. The van der Waals surface area contributed by atoms with Gasteiger partial charge in [0.15, 0.2) is 0 Å². The molecule has 0 spiro atoms. The molecule has 1 N–H and O–H groups in total. The molecule has 1 atom stereocenters. The van der Waals surface area contributed by atoms with Crippen LogP contribution >= 0.6 is 15.9 Å². The summed E-state index contributed by atoms with van der Waals surface area (Å²) >= 11 is 3.32. The molecular weight excluding hydrogens is 384 g/mol. The van der Waals surface area contributed by atoms with Gasteiger partial charge in [0, 0.05) is 22.6 Å². The predicted octanol–water partition coefficient (Wildman–Crippen LogP) is 3.71. The first kappa shape index (κ1) is 17.6. The predicted molar refractivity (Wildman–Crippen MR) is 90.7 cm³/mol. The Morgan fingerprint density at radius 3 is 2.35 bits per heavy atom. The fraction of sp³-hybridized carbons (Fsp3) is 0.200. The van der Waals surface area contributed by atoms with Gasteiger partial charge in [-0.3, -0.25) is 10.1 Å². The standard InChI is InChI=1S/C15H15BrN2O4S/c1-10-3-8-14(18(19)20)9-15(10)23(21,22)17-11(2)12-4-6-13(16)7-5-12/h3-9,11,17H,1-2H3/t11-/m1/s1. The van der Waals surface area contributed by atoms with Gasteiger partial charge < -0.3 is 0 Å². The minimum atomic E-state index is -3.87. The molecule has 0 fully saturated rings. The fourth-order valence-corrected chi connectivity index (χ4v) is 3.87. The first-order chi connectivity index (χ1) is 10.7. The number of nitro benzene ring substituents is 1. The van der Waals surface area contributed by atoms with E-state index < -0.39 is 21.0 Å². The number of halogens is 1. The third-order valence-electron chi connectivity index (χ3n) is 3.37. The van der Waals surface area contributed by atoms with Crippen LogP contribution in [0.1, 0.15) is 24.1 Å². The Balaban J connectivity index is 2.33. The molecule has 0 amide bonds. The monoisotopic (exact) mass is 398 g/mol. The second-order valence-electron chi connectivity index (χ2n) is 5.10. The zero-order valence-electron chi connectivity index (χ0n) is 12.5. The lowest BCUT2D eigenvalue weighted by molar-refractivity contribution is -0.385. The molecule has 0 heterocycles. The highest BCUT2D eigenvalue weighted by Gasteiger charge is 2.23. The lowest BCUT2D eigenvalue weighted by Crippen LogP contribution is -2.27. The number of non-ortho nitro benzene ring substituents is 1. The molecule has 0 bridgehead atoms. The summed E-state index contributed by atoms with van der Waals surface area (Å²) < 4.78 is 28.5. The largest absolute Gasteiger partial charge is 0.270 e. The Labute approximate surface area is 142 Å². The number of nitro groups is 1. The van der Waals surface area contributed by atoms with Gasteiger partial charge in [-0.25, -0.2) is 13.1 Å². The van der Waals surface area contributed by atoms with Gasteiger partial charge >= 0.3 is 0 Å². The number of nitrogens with zero attached hydrogens (tertiary/aromatic N) is 1. The molecule has 23 heavy (non-hydrogen) atoms. The third-order valence-corrected chi connectivity index (χ3v) is 5.59. The summed E-state index contributed by atoms with van der Waals surface area (Å²) in [6.07, 6.45) is 0. The summed E-state index contributed by atoms with van der Waals surface area (Å²) in [6, 6.07) is 10.6. The van der Waals surface area contributed by atoms with E-state index in [1.54, 1.807) is 26.0 Å². The number of hydrogen-bond donors (Lipinski definition) is 1. The average Bonchev–Trinajstić information content (AvgIpc) is 2.47. The highest BCUT2D eigenvalue weighted by Crippen LogP contribution is 2.24. The summed E-state index contributed by atoms with van der Waals surface area (Å²) in [5, 5.41) is 10.9. The van der Waals surface area contributed by atoms with E-state index in [4.69, 9.17) is 0 Å². The maximum atomic E-state index is 12.5. The minimum Gasteiger partial charge on any atom is -0.258 e. The Kier molecular flexibility index (Phi) is 5.18. The van der Waals surface area contributed by atoms with Crippen LogP contribution in [0.5, 0.6) is 0 Å². The van der Waals surface area contributed by atoms with Crippen molar-refractivity contribution in [3.8, 4) is 0 Å². The molecule has 8 heteroatoms. The third kappa shape index (κ3) is 4.15. The normalized spacial score (nSPS) is 12.8. The number of benzene rings is 2. The molecule has 0 aromatic heterocycles. The number of rotatable bonds is 5. The Morgan fingerprint density at radius 1 is 1.17 bits per heavy atom. The van der Waals surface area contributed by atoms with Crippen molar-refractivity contribution < 1.29 is 13.3 Å². The van der Waals surface area contributed by atoms with Gasteiger partial charge in [0.25, 0.3) is 5.69 Å². The van der Waals surface area contributed by atoms with E-state index >= 15 is 0 Å². The first-order valence-corrected chi connectivity index (χ1v) is 9.01. The number of hydrogen-bond acceptors (Lipinski definition) is 4. The van der Waals surface area contributed by atoms with Crippen LogP contribution in [0.2, 0.25) is 0 Å². The van der Waals surface area contributed by atoms with Crippen molar-refractivity contribution in [2.24, 2.45) is 0 Å². The van der Waals surface area contributed by atoms with Gasteiger partial charge in [-0.15, -0.1) is 0 Å². The molecule has 0 radical (unpaired) electrons. The van der Waals surface area contributed by atoms with Crippen molar-refractivity contribution in [3.05, 3.63) is 68.2 Å². The molecule has 0 aliphatic heterocycles. The van der Waals surface area contributed by atoms with E-state index in [9.17, 15) is 18.5 Å². The van der Waals surface area contributed by atoms with Crippen LogP contribution in [0.3, 0.4) is 0 Å². The second kappa shape index (κ2) is 6.77. The van der Waals surface area contributed by atoms with Crippen LogP contribution in [0.4, 0.5) is 5.69 Å². The summed E-state index contributed by atoms with van der Waals surface area (Å²) in [6.45, 7) is 3.32. The molecule has 2 rings (SSSR count). The van der Waals surface area contributed by atoms with Crippen molar-refractivity contribution >= 4 is 31.6 Å². The maximum absolute atomic E-state index is 12.5. The van der Waals surface area contributed by atoms with Gasteiger partial charge in [-0.2, -0.15) is 0 Å². The van der Waals surface area contributed by atoms with Crippen LogP contribution in [-0.2, 0) is 10.0 Å². The highest BCUT2D eigenvalue weighted by molar-refractivity contribution is 9.10. The van der Waals surface area contributed by atoms with Crippen molar-refractivity contribution in [1.29, 1.82) is 0 Å². The Hall–Kier alpha value is -1.77. The second-order valence-corrected chi connectivity index (χ2v) is 7.70. The van der Waals surface area contributed by atoms with Crippen molar-refractivity contribution in [1.82, 2.24) is 4.72 Å². The van der Waals surface area contributed by atoms with Crippen molar-refractivity contribution in [3.63, 3.8) is 0 Å². The molecule has 0 saturated heterocycles. The van der Waals surface area contributed by atoms with Crippen LogP contribution in [0, 0.1) is 17.0 Å². The SMILES string of the molecule is Cc1ccc([N+](=O)[O-])cc1S(=O)(=O)N[C@H](C)c1ccc(Br)cc1. The highest BCUT2D eigenvalue weighted by atomic mass is 79.9. The quantitative estimate of drug-likeness (QED) is 0.613. The topological polar surface area (TPSA) is 89.3 Å². The first-order valence-electron chi connectivity index (χ1n) is 6.73. The molecule has 0 aliphatic rings. The molecule has 0 unspecified atom stereocenters. The number of aryl methyl sites for hydroxylation is 1. The Morgan fingerprint density at radius 2 is 1.78 bits per heavy atom. The van der Waals surface area contributed by atoms with Crippen molar-refractivity contribution in [2.75, 3.05) is 0 Å². The van der Waals surface area contributed by atoms with Gasteiger partial charge in [-0.05, 0) is 37.1 Å². The molecule has 2 aromatic rings. The van der Waals surface area contributed by atoms with E-state index in [1.807, 2.05) is 12.1 Å². The molecule has 2 aromatic carbocycles. The molecule has 122 valence electrons. The fourth-order valence-electron chi connectivity index (χ4n) is 2.11. The summed E-state index contributed by atoms with van der Waals surface area (Å²) in [7, 11) is -3.87. The molecular formula is C15H15BrN2O4S. The van der Waals surface area contributed by atoms with Crippen LogP contribution in [0.15, 0.2) is 51.8 Å². The van der Waals surface area contributed by atoms with Gasteiger partial charge in [-0.1, -0.05) is 34.1 Å². The van der Waals surface area contributed by atoms with Crippen LogP contribution in [-0.4, -0.2) is 13.3 Å². The molecule has 6 nitrogen and oxygen atoms in total. The van der Waals surface area contributed by atoms with E-state index in [2.05, 4.69) is 20.7 Å². The summed E-state index contributed by atoms with van der Waals surface area (Å²) in [5.74, 6) is 0. The lowest BCUT2D eigenvalue weighted by Gasteiger charge is -2.16. The molecule has 0 aliphatic carbocycles. The smallest absolute Gasteiger partial charge is 0.258 e. The van der Waals surface area contributed by atoms with Crippen molar-refractivity contribution in [2.45, 2.75) is 24.8 Å². The van der Waals surface area contributed by atoms with E-state index in [0.717, 1.165) is 16.1 Å². The average molecular weight is 399 g/mol. The summed E-state index contributed by atoms with van der Waals surface area (Å²) in [4.78, 5) is 10.2. The number of sulfonamides is 1. The van der Waals surface area contributed by atoms with E-state index in [0.29, 0.717) is 5.56 Å². The molecule has 0 saturated carbocycles. The van der Waals surface area contributed by atoms with E-state index in [1.165, 1.54) is 12.1 Å². The van der Waals surface area contributed by atoms with Gasteiger partial charge in [0.1, 0.15) is 0 Å². The minimum absolute atomic E-state index is 0.0874. The number of nitrogens with one attached hydrogen (secondary N) is 1. The Bertz CT molecular complexity index is 835. The maximum Gasteiger partial charge on any atom is 0.270 e. The zero-order valence-corrected chi connectivity index (χ0v) is 14.9. The van der Waals surface area contributed by atoms with Gasteiger partial charge in [0.05, 0.1) is 9.82 Å². The van der Waals surface area contributed by atoms with Crippen LogP contribution < -0.4 is 4.72 Å². The summed E-state index contributed by atoms with van der Waals surface area (Å²) in [5.41, 5.74) is 0.984. The van der Waals surface area contributed by atoms with Crippen LogP contribution in [0.25, 0.3) is 0 Å². The van der Waals surface area contributed by atoms with E-state index in [-0.39, 0.29) is 10.6 Å². The van der Waals surface area contributed by atoms with Gasteiger partial charge in [0.2, 0.25) is 10.0 Å².